The summed E-state index contributed by atoms with van der Waals surface area (Å²) in [5.41, 5.74) is 1.14. The summed E-state index contributed by atoms with van der Waals surface area (Å²) in [6.45, 7) is 4.88. The van der Waals surface area contributed by atoms with Crippen molar-refractivity contribution in [2.24, 2.45) is 0 Å². The van der Waals surface area contributed by atoms with Crippen LogP contribution in [0.3, 0.4) is 0 Å². The van der Waals surface area contributed by atoms with E-state index in [0.29, 0.717) is 19.8 Å². The van der Waals surface area contributed by atoms with E-state index in [2.05, 4.69) is 22.6 Å². The molecule has 86 valence electrons. The van der Waals surface area contributed by atoms with E-state index in [0.717, 1.165) is 23.8 Å². The number of aromatic nitrogens is 1. The molecule has 5 heteroatoms. The summed E-state index contributed by atoms with van der Waals surface area (Å²) in [7, 11) is 1.67. The van der Waals surface area contributed by atoms with E-state index in [1.807, 2.05) is 0 Å². The Morgan fingerprint density at radius 3 is 2.93 bits per heavy atom. The van der Waals surface area contributed by atoms with Crippen LogP contribution in [0.2, 0.25) is 0 Å². The van der Waals surface area contributed by atoms with Gasteiger partial charge in [0, 0.05) is 19.0 Å². The van der Waals surface area contributed by atoms with Crippen LogP contribution in [0.15, 0.2) is 5.38 Å². The molecule has 0 atom stereocenters. The molecule has 1 aromatic heterocycles. The molecule has 4 nitrogen and oxygen atoms in total. The summed E-state index contributed by atoms with van der Waals surface area (Å²) in [6, 6.07) is 0. The zero-order valence-corrected chi connectivity index (χ0v) is 10.1. The second-order valence-electron chi connectivity index (χ2n) is 3.03. The molecule has 0 saturated carbocycles. The summed E-state index contributed by atoms with van der Waals surface area (Å²) in [6.07, 6.45) is 0.989. The monoisotopic (exact) mass is 230 g/mol. The van der Waals surface area contributed by atoms with Gasteiger partial charge in [-0.3, -0.25) is 0 Å². The molecule has 0 aliphatic rings. The standard InChI is InChI=1S/C10H18N2O2S/c1-3-9-8-15-10(12-9)11-4-5-14-7-6-13-2/h8H,3-7H2,1-2H3,(H,11,12). The number of methoxy groups -OCH3 is 1. The van der Waals surface area contributed by atoms with Crippen molar-refractivity contribution >= 4 is 16.5 Å². The van der Waals surface area contributed by atoms with Gasteiger partial charge >= 0.3 is 0 Å². The predicted molar refractivity (Wildman–Crippen MR) is 62.7 cm³/mol. The first-order valence-electron chi connectivity index (χ1n) is 5.11. The lowest BCUT2D eigenvalue weighted by atomic mass is 10.4. The number of nitrogens with zero attached hydrogens (tertiary/aromatic N) is 1. The molecule has 0 amide bonds. The summed E-state index contributed by atoms with van der Waals surface area (Å²) >= 11 is 1.64. The maximum atomic E-state index is 5.32. The maximum absolute atomic E-state index is 5.32. The zero-order valence-electron chi connectivity index (χ0n) is 9.28. The molecule has 1 heterocycles. The van der Waals surface area contributed by atoms with Crippen molar-refractivity contribution in [1.29, 1.82) is 0 Å². The van der Waals surface area contributed by atoms with Crippen molar-refractivity contribution in [2.75, 3.05) is 38.8 Å². The lowest BCUT2D eigenvalue weighted by Crippen LogP contribution is -2.11. The fourth-order valence-corrected chi connectivity index (χ4v) is 1.85. The first-order chi connectivity index (χ1) is 7.36. The van der Waals surface area contributed by atoms with Crippen LogP contribution in [0.25, 0.3) is 0 Å². The summed E-state index contributed by atoms with van der Waals surface area (Å²) in [5.74, 6) is 0. The van der Waals surface area contributed by atoms with Crippen LogP contribution in [0.4, 0.5) is 5.13 Å². The van der Waals surface area contributed by atoms with Gasteiger partial charge in [0.25, 0.3) is 0 Å². The number of ether oxygens (including phenoxy) is 2. The van der Waals surface area contributed by atoms with Crippen molar-refractivity contribution < 1.29 is 9.47 Å². The van der Waals surface area contributed by atoms with Crippen LogP contribution in [0.5, 0.6) is 0 Å². The van der Waals surface area contributed by atoms with Gasteiger partial charge in [0.15, 0.2) is 5.13 Å². The molecule has 1 aromatic rings. The van der Waals surface area contributed by atoms with E-state index in [1.165, 1.54) is 0 Å². The Labute approximate surface area is 94.6 Å². The Balaban J connectivity index is 2.04. The van der Waals surface area contributed by atoms with Crippen LogP contribution in [-0.2, 0) is 15.9 Å². The van der Waals surface area contributed by atoms with Gasteiger partial charge in [0.1, 0.15) is 0 Å². The molecular weight excluding hydrogens is 212 g/mol. The average Bonchev–Trinajstić information content (AvgIpc) is 2.71. The minimum absolute atomic E-state index is 0.649. The van der Waals surface area contributed by atoms with Gasteiger partial charge < -0.3 is 14.8 Å². The first kappa shape index (κ1) is 12.4. The third-order valence-electron chi connectivity index (χ3n) is 1.87. The van der Waals surface area contributed by atoms with Crippen LogP contribution in [0.1, 0.15) is 12.6 Å². The van der Waals surface area contributed by atoms with Crippen LogP contribution < -0.4 is 5.32 Å². The number of hydrogen-bond acceptors (Lipinski definition) is 5. The molecule has 0 saturated heterocycles. The molecule has 0 unspecified atom stereocenters. The Morgan fingerprint density at radius 2 is 2.27 bits per heavy atom. The smallest absolute Gasteiger partial charge is 0.182 e. The fraction of sp³-hybridized carbons (Fsp3) is 0.700. The molecule has 0 aliphatic heterocycles. The molecule has 1 rings (SSSR count). The normalized spacial score (nSPS) is 10.5. The number of nitrogens with one attached hydrogen (secondary N) is 1. The Hall–Kier alpha value is -0.650. The van der Waals surface area contributed by atoms with E-state index >= 15 is 0 Å². The van der Waals surface area contributed by atoms with Gasteiger partial charge in [0.2, 0.25) is 0 Å². The second-order valence-corrected chi connectivity index (χ2v) is 3.89. The first-order valence-corrected chi connectivity index (χ1v) is 5.99. The highest BCUT2D eigenvalue weighted by Crippen LogP contribution is 2.14. The molecule has 15 heavy (non-hydrogen) atoms. The number of anilines is 1. The minimum Gasteiger partial charge on any atom is -0.382 e. The minimum atomic E-state index is 0.649. The zero-order chi connectivity index (χ0) is 10.9. The van der Waals surface area contributed by atoms with Crippen molar-refractivity contribution in [3.63, 3.8) is 0 Å². The Bertz CT molecular complexity index is 266. The van der Waals surface area contributed by atoms with E-state index in [9.17, 15) is 0 Å². The van der Waals surface area contributed by atoms with Crippen LogP contribution in [-0.4, -0.2) is 38.5 Å². The summed E-state index contributed by atoms with van der Waals surface area (Å²) < 4.78 is 10.2. The lowest BCUT2D eigenvalue weighted by molar-refractivity contribution is 0.0759. The Morgan fingerprint density at radius 1 is 1.40 bits per heavy atom. The van der Waals surface area contributed by atoms with E-state index in [1.54, 1.807) is 18.4 Å². The molecular formula is C10H18N2O2S. The van der Waals surface area contributed by atoms with Gasteiger partial charge in [-0.1, -0.05) is 6.92 Å². The van der Waals surface area contributed by atoms with Crippen molar-refractivity contribution in [1.82, 2.24) is 4.98 Å². The van der Waals surface area contributed by atoms with Gasteiger partial charge in [-0.05, 0) is 6.42 Å². The van der Waals surface area contributed by atoms with Gasteiger partial charge in [-0.2, -0.15) is 0 Å². The molecule has 0 spiro atoms. The third-order valence-corrected chi connectivity index (χ3v) is 2.72. The predicted octanol–water partition coefficient (Wildman–Crippen LogP) is 1.78. The van der Waals surface area contributed by atoms with Gasteiger partial charge in [-0.15, -0.1) is 11.3 Å². The van der Waals surface area contributed by atoms with Crippen molar-refractivity contribution in [3.05, 3.63) is 11.1 Å². The average molecular weight is 230 g/mol. The highest BCUT2D eigenvalue weighted by Gasteiger charge is 1.98. The highest BCUT2D eigenvalue weighted by molar-refractivity contribution is 7.13. The molecule has 0 fully saturated rings. The van der Waals surface area contributed by atoms with E-state index in [-0.39, 0.29) is 0 Å². The van der Waals surface area contributed by atoms with Crippen molar-refractivity contribution in [3.8, 4) is 0 Å². The number of aryl methyl sites for hydroxylation is 1. The quantitative estimate of drug-likeness (QED) is 0.691. The van der Waals surface area contributed by atoms with E-state index < -0.39 is 0 Å². The van der Waals surface area contributed by atoms with Crippen molar-refractivity contribution in [2.45, 2.75) is 13.3 Å². The lowest BCUT2D eigenvalue weighted by Gasteiger charge is -2.03. The third kappa shape index (κ3) is 5.11. The maximum Gasteiger partial charge on any atom is 0.182 e. The molecule has 0 radical (unpaired) electrons. The fourth-order valence-electron chi connectivity index (χ4n) is 1.03. The molecule has 0 bridgehead atoms. The number of hydrogen-bond donors (Lipinski definition) is 1. The SMILES string of the molecule is CCc1csc(NCCOCCOC)n1. The Kier molecular flexibility index (Phi) is 6.31. The summed E-state index contributed by atoms with van der Waals surface area (Å²) in [5, 5.41) is 6.27. The van der Waals surface area contributed by atoms with Crippen LogP contribution in [0, 0.1) is 0 Å². The second kappa shape index (κ2) is 7.62. The molecule has 1 N–H and O–H groups in total. The van der Waals surface area contributed by atoms with Gasteiger partial charge in [0.05, 0.1) is 25.5 Å². The van der Waals surface area contributed by atoms with Gasteiger partial charge in [-0.25, -0.2) is 4.98 Å². The van der Waals surface area contributed by atoms with Crippen LogP contribution >= 0.6 is 11.3 Å². The molecule has 0 aromatic carbocycles. The highest BCUT2D eigenvalue weighted by atomic mass is 32.1. The molecule has 0 aliphatic carbocycles. The summed E-state index contributed by atoms with van der Waals surface area (Å²) in [4.78, 5) is 4.39. The topological polar surface area (TPSA) is 43.4 Å². The number of rotatable bonds is 8. The largest absolute Gasteiger partial charge is 0.382 e. The number of thiazole rings is 1. The van der Waals surface area contributed by atoms with E-state index in [4.69, 9.17) is 9.47 Å².